The van der Waals surface area contributed by atoms with Crippen molar-refractivity contribution in [2.75, 3.05) is 25.6 Å². The van der Waals surface area contributed by atoms with Crippen molar-refractivity contribution in [1.29, 1.82) is 0 Å². The van der Waals surface area contributed by atoms with E-state index in [1.807, 2.05) is 13.8 Å². The van der Waals surface area contributed by atoms with Crippen LogP contribution in [0.15, 0.2) is 33.3 Å². The Balaban J connectivity index is 1.80. The summed E-state index contributed by atoms with van der Waals surface area (Å²) in [6, 6.07) is 6.91. The molecule has 0 aliphatic rings. The fourth-order valence-corrected chi connectivity index (χ4v) is 2.65. The molecule has 3 rings (SSSR count). The number of anilines is 1. The normalized spacial score (nSPS) is 11.0. The minimum atomic E-state index is -1.12. The molecule has 1 N–H and O–H groups in total. The second-order valence-corrected chi connectivity index (χ2v) is 6.62. The van der Waals surface area contributed by atoms with Gasteiger partial charge in [-0.25, -0.2) is 4.79 Å². The number of methoxy groups -OCH3 is 1. The van der Waals surface area contributed by atoms with Crippen LogP contribution in [0, 0.1) is 0 Å². The number of hydrogen-bond donors (Lipinski definition) is 1. The molecule has 2 heterocycles. The predicted molar refractivity (Wildman–Crippen MR) is 101 cm³/mol. The smallest absolute Gasteiger partial charge is 0.343 e. The van der Waals surface area contributed by atoms with Crippen LogP contribution in [0.2, 0.25) is 0 Å². The maximum atomic E-state index is 11.9. The number of rotatable bonds is 8. The van der Waals surface area contributed by atoms with Crippen molar-refractivity contribution in [3.63, 3.8) is 0 Å². The van der Waals surface area contributed by atoms with Crippen LogP contribution in [0.3, 0.4) is 0 Å². The predicted octanol–water partition coefficient (Wildman–Crippen LogP) is 3.23. The molecule has 0 atom stereocenters. The van der Waals surface area contributed by atoms with Gasteiger partial charge in [0.2, 0.25) is 5.89 Å². The topological polar surface area (TPSA) is 115 Å². The second-order valence-electron chi connectivity index (χ2n) is 6.62. The Labute approximate surface area is 161 Å². The molecule has 148 valence electrons. The summed E-state index contributed by atoms with van der Waals surface area (Å²) in [5, 5.41) is 17.6. The second kappa shape index (κ2) is 8.12. The van der Waals surface area contributed by atoms with Crippen LogP contribution in [0.5, 0.6) is 5.75 Å². The third-order valence-corrected chi connectivity index (χ3v) is 4.25. The zero-order valence-corrected chi connectivity index (χ0v) is 16.2. The van der Waals surface area contributed by atoms with Gasteiger partial charge in [-0.1, -0.05) is 24.2 Å². The largest absolute Gasteiger partial charge is 0.497 e. The summed E-state index contributed by atoms with van der Waals surface area (Å²) in [5.74, 6) is 1.28. The molecule has 0 bridgehead atoms. The van der Waals surface area contributed by atoms with Crippen LogP contribution in [0.4, 0.5) is 5.82 Å². The summed E-state index contributed by atoms with van der Waals surface area (Å²) in [6.45, 7) is 4.39. The van der Waals surface area contributed by atoms with Gasteiger partial charge in [0.1, 0.15) is 5.75 Å². The average Bonchev–Trinajstić information content (AvgIpc) is 3.33. The van der Waals surface area contributed by atoms with Gasteiger partial charge in [-0.2, -0.15) is 4.98 Å². The monoisotopic (exact) mass is 386 g/mol. The molecule has 9 nitrogen and oxygen atoms in total. The highest BCUT2D eigenvalue weighted by molar-refractivity contribution is 5.99. The van der Waals surface area contributed by atoms with E-state index in [1.54, 1.807) is 43.3 Å². The molecule has 0 radical (unpaired) electrons. The van der Waals surface area contributed by atoms with E-state index >= 15 is 0 Å². The van der Waals surface area contributed by atoms with E-state index in [4.69, 9.17) is 13.8 Å². The fraction of sp³-hybridized carbons (Fsp3) is 0.368. The van der Waals surface area contributed by atoms with E-state index in [0.29, 0.717) is 36.0 Å². The number of likely N-dealkylation sites (N-methyl/N-ethyl adjacent to an activating group) is 1. The molecule has 0 saturated carbocycles. The maximum absolute atomic E-state index is 11.9. The summed E-state index contributed by atoms with van der Waals surface area (Å²) in [5.41, 5.74) is 0.605. The maximum Gasteiger partial charge on any atom is 0.343 e. The molecular weight excluding hydrogens is 364 g/mol. The summed E-state index contributed by atoms with van der Waals surface area (Å²) < 4.78 is 15.7. The van der Waals surface area contributed by atoms with Gasteiger partial charge in [-0.3, -0.25) is 0 Å². The van der Waals surface area contributed by atoms with Crippen molar-refractivity contribution in [2.45, 2.75) is 26.2 Å². The fourth-order valence-electron chi connectivity index (χ4n) is 2.65. The van der Waals surface area contributed by atoms with Crippen molar-refractivity contribution in [3.8, 4) is 17.1 Å². The lowest BCUT2D eigenvalue weighted by molar-refractivity contribution is 0.0698. The average molecular weight is 386 g/mol. The first kappa shape index (κ1) is 19.4. The minimum Gasteiger partial charge on any atom is -0.497 e. The molecule has 0 spiro atoms. The molecule has 0 aliphatic heterocycles. The highest BCUT2D eigenvalue weighted by atomic mass is 16.5. The number of aromatic nitrogens is 3. The van der Waals surface area contributed by atoms with E-state index in [2.05, 4.69) is 15.3 Å². The van der Waals surface area contributed by atoms with E-state index in [1.165, 1.54) is 0 Å². The van der Waals surface area contributed by atoms with Gasteiger partial charge in [0.05, 0.1) is 7.11 Å². The number of carboxylic acid groups (broad SMARTS) is 1. The molecule has 0 unspecified atom stereocenters. The van der Waals surface area contributed by atoms with Crippen LogP contribution in [-0.2, 0) is 6.42 Å². The van der Waals surface area contributed by atoms with Gasteiger partial charge >= 0.3 is 5.97 Å². The van der Waals surface area contributed by atoms with Crippen molar-refractivity contribution in [1.82, 2.24) is 15.3 Å². The first-order valence-corrected chi connectivity index (χ1v) is 8.81. The lowest BCUT2D eigenvalue weighted by atomic mass is 10.1. The number of benzene rings is 1. The quantitative estimate of drug-likeness (QED) is 0.623. The molecule has 0 fully saturated rings. The van der Waals surface area contributed by atoms with E-state index in [-0.39, 0.29) is 23.1 Å². The van der Waals surface area contributed by atoms with Crippen molar-refractivity contribution in [2.24, 2.45) is 0 Å². The third-order valence-electron chi connectivity index (χ3n) is 4.25. The van der Waals surface area contributed by atoms with Gasteiger partial charge in [-0.15, -0.1) is 0 Å². The Morgan fingerprint density at radius 2 is 1.93 bits per heavy atom. The zero-order valence-electron chi connectivity index (χ0n) is 16.2. The zero-order chi connectivity index (χ0) is 20.3. The third kappa shape index (κ3) is 3.98. The molecular formula is C19H22N4O5. The van der Waals surface area contributed by atoms with E-state index < -0.39 is 5.97 Å². The summed E-state index contributed by atoms with van der Waals surface area (Å²) in [4.78, 5) is 17.9. The molecule has 9 heteroatoms. The lowest BCUT2D eigenvalue weighted by Gasteiger charge is -2.15. The standard InChI is InChI=1S/C19H22N4O5/c1-11(2)18-20-14(21-28-18)9-10-23(3)17-15(19(24)25)16(27-22-17)12-5-7-13(26-4)8-6-12/h5-8,11H,9-10H2,1-4H3,(H,24,25). The van der Waals surface area contributed by atoms with E-state index in [0.717, 1.165) is 0 Å². The Morgan fingerprint density at radius 3 is 2.50 bits per heavy atom. The number of hydrogen-bond acceptors (Lipinski definition) is 8. The van der Waals surface area contributed by atoms with Gasteiger partial charge in [0, 0.05) is 31.5 Å². The van der Waals surface area contributed by atoms with Gasteiger partial charge < -0.3 is 23.8 Å². The highest BCUT2D eigenvalue weighted by Crippen LogP contribution is 2.32. The number of carboxylic acids is 1. The molecule has 0 amide bonds. The Bertz CT molecular complexity index is 946. The van der Waals surface area contributed by atoms with Crippen LogP contribution in [0.25, 0.3) is 11.3 Å². The molecule has 1 aromatic carbocycles. The molecule has 0 saturated heterocycles. The first-order chi connectivity index (χ1) is 13.4. The van der Waals surface area contributed by atoms with Gasteiger partial charge in [0.25, 0.3) is 0 Å². The Morgan fingerprint density at radius 1 is 1.21 bits per heavy atom. The van der Waals surface area contributed by atoms with Crippen molar-refractivity contribution in [3.05, 3.63) is 41.5 Å². The number of ether oxygens (including phenoxy) is 1. The minimum absolute atomic E-state index is 0.00338. The van der Waals surface area contributed by atoms with Crippen molar-refractivity contribution < 1.29 is 23.7 Å². The molecule has 0 aliphatic carbocycles. The van der Waals surface area contributed by atoms with E-state index in [9.17, 15) is 9.90 Å². The summed E-state index contributed by atoms with van der Waals surface area (Å²) in [7, 11) is 3.30. The van der Waals surface area contributed by atoms with Crippen LogP contribution in [-0.4, -0.2) is 47.1 Å². The van der Waals surface area contributed by atoms with Gasteiger partial charge in [-0.05, 0) is 24.3 Å². The van der Waals surface area contributed by atoms with Crippen LogP contribution >= 0.6 is 0 Å². The van der Waals surface area contributed by atoms with Crippen LogP contribution < -0.4 is 9.64 Å². The molecule has 3 aromatic rings. The molecule has 2 aromatic heterocycles. The lowest BCUT2D eigenvalue weighted by Crippen LogP contribution is -2.23. The SMILES string of the molecule is COc1ccc(-c2onc(N(C)CCc3noc(C(C)C)n3)c2C(=O)O)cc1. The summed E-state index contributed by atoms with van der Waals surface area (Å²) >= 11 is 0. The number of nitrogens with zero attached hydrogens (tertiary/aromatic N) is 4. The van der Waals surface area contributed by atoms with Crippen molar-refractivity contribution >= 4 is 11.8 Å². The highest BCUT2D eigenvalue weighted by Gasteiger charge is 2.26. The number of aromatic carboxylic acids is 1. The summed E-state index contributed by atoms with van der Waals surface area (Å²) in [6.07, 6.45) is 0.483. The molecule has 28 heavy (non-hydrogen) atoms. The van der Waals surface area contributed by atoms with Crippen LogP contribution in [0.1, 0.15) is 41.8 Å². The Hall–Kier alpha value is -3.36. The number of carbonyl (C=O) groups is 1. The van der Waals surface area contributed by atoms with Gasteiger partial charge in [0.15, 0.2) is 23.0 Å². The Kier molecular flexibility index (Phi) is 5.62. The first-order valence-electron chi connectivity index (χ1n) is 8.81.